The highest BCUT2D eigenvalue weighted by Gasteiger charge is 2.24. The lowest BCUT2D eigenvalue weighted by molar-refractivity contribution is -0.123. The van der Waals surface area contributed by atoms with Crippen molar-refractivity contribution in [1.29, 1.82) is 0 Å². The molecule has 4 heteroatoms. The van der Waals surface area contributed by atoms with Crippen LogP contribution in [-0.4, -0.2) is 24.0 Å². The van der Waals surface area contributed by atoms with E-state index in [0.717, 1.165) is 25.8 Å². The molecule has 0 radical (unpaired) electrons. The van der Waals surface area contributed by atoms with Crippen LogP contribution < -0.4 is 10.6 Å². The van der Waals surface area contributed by atoms with E-state index in [9.17, 15) is 4.79 Å². The normalized spacial score (nSPS) is 20.3. The van der Waals surface area contributed by atoms with Gasteiger partial charge in [0.1, 0.15) is 0 Å². The van der Waals surface area contributed by atoms with Gasteiger partial charge in [-0.15, -0.1) is 12.4 Å². The summed E-state index contributed by atoms with van der Waals surface area (Å²) in [5.74, 6) is 0.195. The number of nitrogens with one attached hydrogen (secondary N) is 2. The van der Waals surface area contributed by atoms with E-state index in [1.807, 2.05) is 0 Å². The van der Waals surface area contributed by atoms with Crippen LogP contribution in [0.5, 0.6) is 0 Å². The van der Waals surface area contributed by atoms with E-state index in [-0.39, 0.29) is 23.9 Å². The van der Waals surface area contributed by atoms with Gasteiger partial charge >= 0.3 is 0 Å². The lowest BCUT2D eigenvalue weighted by atomic mass is 9.95. The molecule has 0 aromatic heterocycles. The molecule has 1 atom stereocenters. The van der Waals surface area contributed by atoms with E-state index in [1.54, 1.807) is 0 Å². The van der Waals surface area contributed by atoms with Crippen LogP contribution in [0, 0.1) is 0 Å². The third kappa shape index (κ3) is 4.71. The molecule has 3 nitrogen and oxygen atoms in total. The summed E-state index contributed by atoms with van der Waals surface area (Å²) >= 11 is 0. The molecular weight excluding hydrogens is 224 g/mol. The minimum atomic E-state index is -0.0182. The zero-order valence-corrected chi connectivity index (χ0v) is 11.5. The molecule has 1 rings (SSSR count). The first-order valence-electron chi connectivity index (χ1n) is 6.14. The van der Waals surface area contributed by atoms with Crippen molar-refractivity contribution in [2.45, 2.75) is 64.5 Å². The molecular formula is C12H25ClN2O. The molecule has 1 fully saturated rings. The number of carbonyl (C=O) groups excluding carboxylic acids is 1. The predicted molar refractivity (Wildman–Crippen MR) is 70.0 cm³/mol. The molecule has 0 aromatic rings. The van der Waals surface area contributed by atoms with E-state index < -0.39 is 0 Å². The SMILES string of the molecule is CCC(C)(CC)NC(=O)CC1CCCN1.Cl. The number of halogens is 1. The van der Waals surface area contributed by atoms with Crippen LogP contribution in [0.3, 0.4) is 0 Å². The molecule has 1 unspecified atom stereocenters. The average molecular weight is 249 g/mol. The number of hydrogen-bond acceptors (Lipinski definition) is 2. The molecule has 2 N–H and O–H groups in total. The maximum atomic E-state index is 11.8. The second kappa shape index (κ2) is 7.13. The molecule has 0 bridgehead atoms. The predicted octanol–water partition coefficient (Wildman–Crippen LogP) is 2.25. The van der Waals surface area contributed by atoms with Crippen LogP contribution >= 0.6 is 12.4 Å². The van der Waals surface area contributed by atoms with Crippen molar-refractivity contribution < 1.29 is 4.79 Å². The Morgan fingerprint density at radius 3 is 2.50 bits per heavy atom. The van der Waals surface area contributed by atoms with Gasteiger partial charge in [0.2, 0.25) is 5.91 Å². The van der Waals surface area contributed by atoms with Crippen LogP contribution in [0.1, 0.15) is 52.9 Å². The lowest BCUT2D eigenvalue weighted by Crippen LogP contribution is -2.46. The van der Waals surface area contributed by atoms with Gasteiger partial charge in [-0.05, 0) is 39.2 Å². The zero-order chi connectivity index (χ0) is 11.3. The summed E-state index contributed by atoms with van der Waals surface area (Å²) in [4.78, 5) is 11.8. The van der Waals surface area contributed by atoms with Gasteiger partial charge in [0.15, 0.2) is 0 Å². The fourth-order valence-corrected chi connectivity index (χ4v) is 1.97. The quantitative estimate of drug-likeness (QED) is 0.784. The van der Waals surface area contributed by atoms with Gasteiger partial charge in [-0.1, -0.05) is 13.8 Å². The van der Waals surface area contributed by atoms with E-state index in [4.69, 9.17) is 0 Å². The van der Waals surface area contributed by atoms with E-state index in [1.165, 1.54) is 6.42 Å². The lowest BCUT2D eigenvalue weighted by Gasteiger charge is -2.28. The van der Waals surface area contributed by atoms with E-state index in [0.29, 0.717) is 12.5 Å². The Hall–Kier alpha value is -0.280. The summed E-state index contributed by atoms with van der Waals surface area (Å²) in [7, 11) is 0. The van der Waals surface area contributed by atoms with Crippen molar-refractivity contribution in [1.82, 2.24) is 10.6 Å². The fraction of sp³-hybridized carbons (Fsp3) is 0.917. The maximum absolute atomic E-state index is 11.8. The third-order valence-electron chi connectivity index (χ3n) is 3.60. The van der Waals surface area contributed by atoms with E-state index in [2.05, 4.69) is 31.4 Å². The number of rotatable bonds is 5. The van der Waals surface area contributed by atoms with Crippen molar-refractivity contribution in [3.8, 4) is 0 Å². The highest BCUT2D eigenvalue weighted by molar-refractivity contribution is 5.85. The molecule has 1 aliphatic rings. The zero-order valence-electron chi connectivity index (χ0n) is 10.6. The summed E-state index contributed by atoms with van der Waals surface area (Å²) in [6.07, 6.45) is 4.97. The summed E-state index contributed by atoms with van der Waals surface area (Å²) in [5, 5.41) is 6.49. The van der Waals surface area contributed by atoms with Crippen molar-refractivity contribution in [2.24, 2.45) is 0 Å². The Bertz CT molecular complexity index is 211. The van der Waals surface area contributed by atoms with Crippen molar-refractivity contribution in [2.75, 3.05) is 6.54 Å². The van der Waals surface area contributed by atoms with Crippen LogP contribution in [0.2, 0.25) is 0 Å². The first-order valence-corrected chi connectivity index (χ1v) is 6.14. The molecule has 0 aliphatic carbocycles. The molecule has 96 valence electrons. The number of carbonyl (C=O) groups is 1. The second-order valence-electron chi connectivity index (χ2n) is 4.81. The average Bonchev–Trinajstić information content (AvgIpc) is 2.70. The topological polar surface area (TPSA) is 41.1 Å². The fourth-order valence-electron chi connectivity index (χ4n) is 1.97. The summed E-state index contributed by atoms with van der Waals surface area (Å²) in [5.41, 5.74) is -0.0182. The van der Waals surface area contributed by atoms with Crippen LogP contribution in [0.4, 0.5) is 0 Å². The van der Waals surface area contributed by atoms with Crippen LogP contribution in [-0.2, 0) is 4.79 Å². The highest BCUT2D eigenvalue weighted by Crippen LogP contribution is 2.15. The second-order valence-corrected chi connectivity index (χ2v) is 4.81. The van der Waals surface area contributed by atoms with Gasteiger partial charge in [0, 0.05) is 18.0 Å². The first kappa shape index (κ1) is 15.7. The van der Waals surface area contributed by atoms with Crippen LogP contribution in [0.15, 0.2) is 0 Å². The molecule has 1 heterocycles. The Labute approximate surface area is 105 Å². The Morgan fingerprint density at radius 1 is 1.44 bits per heavy atom. The Morgan fingerprint density at radius 2 is 2.06 bits per heavy atom. The van der Waals surface area contributed by atoms with Gasteiger partial charge in [0.05, 0.1) is 0 Å². The monoisotopic (exact) mass is 248 g/mol. The molecule has 0 aromatic carbocycles. The van der Waals surface area contributed by atoms with Gasteiger partial charge in [-0.3, -0.25) is 4.79 Å². The van der Waals surface area contributed by atoms with Gasteiger partial charge < -0.3 is 10.6 Å². The van der Waals surface area contributed by atoms with E-state index >= 15 is 0 Å². The molecule has 0 spiro atoms. The highest BCUT2D eigenvalue weighted by atomic mass is 35.5. The molecule has 1 amide bonds. The first-order chi connectivity index (χ1) is 7.09. The molecule has 1 saturated heterocycles. The number of hydrogen-bond donors (Lipinski definition) is 2. The summed E-state index contributed by atoms with van der Waals surface area (Å²) in [6.45, 7) is 7.43. The minimum absolute atomic E-state index is 0. The number of amides is 1. The Balaban J connectivity index is 0.00000225. The van der Waals surface area contributed by atoms with Gasteiger partial charge in [-0.2, -0.15) is 0 Å². The summed E-state index contributed by atoms with van der Waals surface area (Å²) < 4.78 is 0. The standard InChI is InChI=1S/C12H24N2O.ClH/c1-4-12(3,5-2)14-11(15)9-10-7-6-8-13-10;/h10,13H,4-9H2,1-3H3,(H,14,15);1H. The van der Waals surface area contributed by atoms with Gasteiger partial charge in [-0.25, -0.2) is 0 Å². The van der Waals surface area contributed by atoms with Gasteiger partial charge in [0.25, 0.3) is 0 Å². The van der Waals surface area contributed by atoms with Crippen LogP contribution in [0.25, 0.3) is 0 Å². The molecule has 16 heavy (non-hydrogen) atoms. The smallest absolute Gasteiger partial charge is 0.221 e. The van der Waals surface area contributed by atoms with Crippen molar-refractivity contribution in [3.63, 3.8) is 0 Å². The Kier molecular flexibility index (Phi) is 7.00. The molecule has 0 saturated carbocycles. The third-order valence-corrected chi connectivity index (χ3v) is 3.60. The largest absolute Gasteiger partial charge is 0.351 e. The molecule has 1 aliphatic heterocycles. The van der Waals surface area contributed by atoms with Crippen molar-refractivity contribution >= 4 is 18.3 Å². The minimum Gasteiger partial charge on any atom is -0.351 e. The summed E-state index contributed by atoms with van der Waals surface area (Å²) in [6, 6.07) is 0.406. The van der Waals surface area contributed by atoms with Crippen molar-refractivity contribution in [3.05, 3.63) is 0 Å². The maximum Gasteiger partial charge on any atom is 0.221 e.